The van der Waals surface area contributed by atoms with E-state index in [0.29, 0.717) is 12.1 Å². The molecule has 0 bridgehead atoms. The van der Waals surface area contributed by atoms with Crippen LogP contribution in [0.3, 0.4) is 0 Å². The van der Waals surface area contributed by atoms with E-state index in [1.54, 1.807) is 11.3 Å². The lowest BCUT2D eigenvalue weighted by Crippen LogP contribution is -2.47. The Bertz CT molecular complexity index is 1270. The van der Waals surface area contributed by atoms with Gasteiger partial charge in [-0.05, 0) is 51.1 Å². The maximum absolute atomic E-state index is 12.8. The second-order valence-electron chi connectivity index (χ2n) is 9.22. The van der Waals surface area contributed by atoms with Gasteiger partial charge in [-0.1, -0.05) is 48.1 Å². The van der Waals surface area contributed by atoms with Crippen LogP contribution in [-0.4, -0.2) is 70.9 Å². The molecule has 4 aromatic rings. The lowest BCUT2D eigenvalue weighted by molar-refractivity contribution is 0.0948. The minimum atomic E-state index is -0.00658. The monoisotopic (exact) mass is 475 g/mol. The summed E-state index contributed by atoms with van der Waals surface area (Å²) in [4.78, 5) is 23.6. The number of hydrogen-bond acceptors (Lipinski definition) is 5. The van der Waals surface area contributed by atoms with Crippen molar-refractivity contribution >= 4 is 32.4 Å². The van der Waals surface area contributed by atoms with Crippen molar-refractivity contribution < 1.29 is 4.79 Å². The molecule has 0 saturated carbocycles. The second kappa shape index (κ2) is 10.3. The first-order valence-corrected chi connectivity index (χ1v) is 13.1. The van der Waals surface area contributed by atoms with Gasteiger partial charge in [0.1, 0.15) is 0 Å². The molecule has 0 unspecified atom stereocenters. The van der Waals surface area contributed by atoms with Crippen LogP contribution in [0.2, 0.25) is 0 Å². The van der Waals surface area contributed by atoms with Crippen molar-refractivity contribution in [3.05, 3.63) is 59.8 Å². The Kier molecular flexibility index (Phi) is 6.94. The normalized spacial score (nSPS) is 15.4. The highest BCUT2D eigenvalue weighted by Gasteiger charge is 2.16. The number of nitrogens with one attached hydrogen (secondary N) is 1. The summed E-state index contributed by atoms with van der Waals surface area (Å²) in [5.41, 5.74) is 5.03. The van der Waals surface area contributed by atoms with Gasteiger partial charge in [0.15, 0.2) is 4.96 Å². The van der Waals surface area contributed by atoms with Gasteiger partial charge in [-0.2, -0.15) is 0 Å². The highest BCUT2D eigenvalue weighted by Crippen LogP contribution is 2.30. The zero-order valence-corrected chi connectivity index (χ0v) is 20.9. The van der Waals surface area contributed by atoms with E-state index >= 15 is 0 Å². The van der Waals surface area contributed by atoms with Gasteiger partial charge >= 0.3 is 0 Å². The molecule has 1 amide bonds. The van der Waals surface area contributed by atoms with Crippen LogP contribution in [0.5, 0.6) is 0 Å². The number of thiazole rings is 1. The summed E-state index contributed by atoms with van der Waals surface area (Å²) in [5, 5.41) is 3.11. The number of aryl methyl sites for hydroxylation is 1. The molecule has 0 aliphatic carbocycles. The number of amides is 1. The summed E-state index contributed by atoms with van der Waals surface area (Å²) < 4.78 is 3.24. The summed E-state index contributed by atoms with van der Waals surface area (Å²) in [6.45, 7) is 11.9. The summed E-state index contributed by atoms with van der Waals surface area (Å²) in [5.74, 6) is -0.00658. The van der Waals surface area contributed by atoms with Gasteiger partial charge in [-0.3, -0.25) is 9.20 Å². The number of imidazole rings is 1. The maximum atomic E-state index is 12.8. The predicted molar refractivity (Wildman–Crippen MR) is 141 cm³/mol. The van der Waals surface area contributed by atoms with E-state index in [4.69, 9.17) is 4.98 Å². The van der Waals surface area contributed by atoms with Crippen LogP contribution in [-0.2, 0) is 0 Å². The number of hydrogen-bond donors (Lipinski definition) is 1. The van der Waals surface area contributed by atoms with Crippen LogP contribution >= 0.6 is 11.3 Å². The molecule has 0 atom stereocenters. The third kappa shape index (κ3) is 5.02. The molecule has 5 rings (SSSR count). The van der Waals surface area contributed by atoms with Crippen LogP contribution in [0.4, 0.5) is 0 Å². The molecule has 34 heavy (non-hydrogen) atoms. The summed E-state index contributed by atoms with van der Waals surface area (Å²) in [6, 6.07) is 14.4. The standard InChI is InChI=1S/C27H33N5OS/c1-3-12-30-14-16-31(17-15-30)13-4-11-28-26(33)22-9-10-25-24(18-22)32-19-23(29-27(32)34-25)21-7-5-20(2)6-8-21/h5-10,18-19H,3-4,11-17H2,1-2H3,(H,28,33). The summed E-state index contributed by atoms with van der Waals surface area (Å²) in [7, 11) is 0. The molecule has 0 radical (unpaired) electrons. The van der Waals surface area contributed by atoms with E-state index in [0.717, 1.165) is 65.6 Å². The third-order valence-corrected chi connectivity index (χ3v) is 7.68. The zero-order valence-electron chi connectivity index (χ0n) is 20.1. The van der Waals surface area contributed by atoms with Crippen molar-refractivity contribution in [2.75, 3.05) is 45.8 Å². The molecule has 1 saturated heterocycles. The predicted octanol–water partition coefficient (Wildman–Crippen LogP) is 4.67. The number of rotatable bonds is 8. The van der Waals surface area contributed by atoms with Crippen molar-refractivity contribution in [1.29, 1.82) is 0 Å². The van der Waals surface area contributed by atoms with E-state index in [1.165, 1.54) is 18.5 Å². The molecule has 178 valence electrons. The van der Waals surface area contributed by atoms with E-state index in [9.17, 15) is 4.79 Å². The van der Waals surface area contributed by atoms with Crippen molar-refractivity contribution in [3.63, 3.8) is 0 Å². The van der Waals surface area contributed by atoms with E-state index in [2.05, 4.69) is 63.8 Å². The Balaban J connectivity index is 1.20. The Labute approximate surface area is 205 Å². The van der Waals surface area contributed by atoms with Crippen LogP contribution < -0.4 is 5.32 Å². The highest BCUT2D eigenvalue weighted by molar-refractivity contribution is 7.23. The number of aromatic nitrogens is 2. The lowest BCUT2D eigenvalue weighted by Gasteiger charge is -2.34. The van der Waals surface area contributed by atoms with E-state index < -0.39 is 0 Å². The Morgan fingerprint density at radius 2 is 1.76 bits per heavy atom. The fourth-order valence-electron chi connectivity index (χ4n) is 4.66. The van der Waals surface area contributed by atoms with Gasteiger partial charge in [0.05, 0.1) is 15.9 Å². The molecule has 2 aromatic carbocycles. The zero-order chi connectivity index (χ0) is 23.5. The van der Waals surface area contributed by atoms with Crippen LogP contribution in [0.25, 0.3) is 26.4 Å². The first-order valence-electron chi connectivity index (χ1n) is 12.3. The second-order valence-corrected chi connectivity index (χ2v) is 10.2. The van der Waals surface area contributed by atoms with Crippen LogP contribution in [0.15, 0.2) is 48.7 Å². The maximum Gasteiger partial charge on any atom is 0.251 e. The molecule has 2 aromatic heterocycles. The number of nitrogens with zero attached hydrogens (tertiary/aromatic N) is 4. The Hall–Kier alpha value is -2.74. The van der Waals surface area contributed by atoms with E-state index in [-0.39, 0.29) is 5.91 Å². The molecular weight excluding hydrogens is 442 g/mol. The van der Waals surface area contributed by atoms with Gasteiger partial charge in [-0.15, -0.1) is 0 Å². The average Bonchev–Trinajstić information content (AvgIpc) is 3.41. The van der Waals surface area contributed by atoms with Gasteiger partial charge < -0.3 is 15.1 Å². The van der Waals surface area contributed by atoms with Gasteiger partial charge in [0, 0.05) is 50.0 Å². The van der Waals surface area contributed by atoms with Crippen LogP contribution in [0, 0.1) is 6.92 Å². The largest absolute Gasteiger partial charge is 0.352 e. The molecule has 6 nitrogen and oxygen atoms in total. The molecular formula is C27H33N5OS. The first kappa shape index (κ1) is 23.0. The molecule has 1 aliphatic heterocycles. The lowest BCUT2D eigenvalue weighted by atomic mass is 10.1. The van der Waals surface area contributed by atoms with E-state index in [1.807, 2.05) is 18.2 Å². The van der Waals surface area contributed by atoms with Gasteiger partial charge in [-0.25, -0.2) is 4.98 Å². The minimum absolute atomic E-state index is 0.00658. The van der Waals surface area contributed by atoms with Gasteiger partial charge in [0.2, 0.25) is 0 Å². The molecule has 1 aliphatic rings. The van der Waals surface area contributed by atoms with Crippen molar-refractivity contribution in [3.8, 4) is 11.3 Å². The smallest absolute Gasteiger partial charge is 0.251 e. The first-order chi connectivity index (χ1) is 16.6. The fraction of sp³-hybridized carbons (Fsp3) is 0.407. The highest BCUT2D eigenvalue weighted by atomic mass is 32.1. The van der Waals surface area contributed by atoms with Gasteiger partial charge in [0.25, 0.3) is 5.91 Å². The molecule has 1 N–H and O–H groups in total. The minimum Gasteiger partial charge on any atom is -0.352 e. The van der Waals surface area contributed by atoms with Crippen molar-refractivity contribution in [1.82, 2.24) is 24.5 Å². The van der Waals surface area contributed by atoms with Crippen LogP contribution in [0.1, 0.15) is 35.7 Å². The molecule has 3 heterocycles. The molecule has 7 heteroatoms. The number of carbonyl (C=O) groups excluding carboxylic acids is 1. The number of carbonyl (C=O) groups is 1. The quantitative estimate of drug-likeness (QED) is 0.376. The molecule has 0 spiro atoms. The summed E-state index contributed by atoms with van der Waals surface area (Å²) >= 11 is 1.65. The average molecular weight is 476 g/mol. The number of fused-ring (bicyclic) bond motifs is 3. The Morgan fingerprint density at radius 1 is 1.03 bits per heavy atom. The van der Waals surface area contributed by atoms with Crippen molar-refractivity contribution in [2.24, 2.45) is 0 Å². The van der Waals surface area contributed by atoms with Crippen molar-refractivity contribution in [2.45, 2.75) is 26.7 Å². The third-order valence-electron chi connectivity index (χ3n) is 6.64. The number of piperazine rings is 1. The number of benzene rings is 2. The SMILES string of the molecule is CCCN1CCN(CCCNC(=O)c2ccc3sc4nc(-c5ccc(C)cc5)cn4c3c2)CC1. The fourth-order valence-corrected chi connectivity index (χ4v) is 5.65. The Morgan fingerprint density at radius 3 is 2.50 bits per heavy atom. The molecule has 1 fully saturated rings. The summed E-state index contributed by atoms with van der Waals surface area (Å²) in [6.07, 6.45) is 4.27. The topological polar surface area (TPSA) is 52.9 Å².